The highest BCUT2D eigenvalue weighted by molar-refractivity contribution is 5.75. The first-order chi connectivity index (χ1) is 5.65. The maximum absolute atomic E-state index is 11.2. The first kappa shape index (κ1) is 9.30. The first-order valence-electron chi connectivity index (χ1n) is 4.63. The van der Waals surface area contributed by atoms with Gasteiger partial charge < -0.3 is 4.90 Å². The lowest BCUT2D eigenvalue weighted by Crippen LogP contribution is -2.35. The lowest BCUT2D eigenvalue weighted by Gasteiger charge is -2.30. The highest BCUT2D eigenvalue weighted by Gasteiger charge is 2.19. The normalized spacial score (nSPS) is 23.8. The van der Waals surface area contributed by atoms with Gasteiger partial charge in [-0.05, 0) is 26.2 Å². The zero-order valence-corrected chi connectivity index (χ0v) is 8.13. The predicted octanol–water partition coefficient (Wildman–Crippen LogP) is 2.31. The van der Waals surface area contributed by atoms with Crippen molar-refractivity contribution in [2.24, 2.45) is 0 Å². The smallest absolute Gasteiger partial charge is 0.223 e. The fourth-order valence-electron chi connectivity index (χ4n) is 1.59. The van der Waals surface area contributed by atoms with E-state index in [2.05, 4.69) is 13.8 Å². The molecule has 1 aliphatic rings. The van der Waals surface area contributed by atoms with E-state index in [4.69, 9.17) is 0 Å². The van der Waals surface area contributed by atoms with Crippen LogP contribution in [0.3, 0.4) is 0 Å². The second-order valence-electron chi connectivity index (χ2n) is 3.45. The van der Waals surface area contributed by atoms with Crippen molar-refractivity contribution in [2.75, 3.05) is 0 Å². The third-order valence-electron chi connectivity index (χ3n) is 2.50. The molecule has 1 heterocycles. The van der Waals surface area contributed by atoms with E-state index in [1.165, 1.54) is 5.57 Å². The number of nitrogens with zero attached hydrogens (tertiary/aromatic N) is 1. The molecule has 0 radical (unpaired) electrons. The molecule has 12 heavy (non-hydrogen) atoms. The molecular weight excluding hydrogens is 150 g/mol. The summed E-state index contributed by atoms with van der Waals surface area (Å²) in [6.07, 6.45) is 5.35. The Bertz CT molecular complexity index is 208. The molecule has 0 saturated heterocycles. The van der Waals surface area contributed by atoms with E-state index in [0.717, 1.165) is 19.3 Å². The quantitative estimate of drug-likeness (QED) is 0.587. The van der Waals surface area contributed by atoms with E-state index >= 15 is 0 Å². The fourth-order valence-corrected chi connectivity index (χ4v) is 1.59. The van der Waals surface area contributed by atoms with E-state index in [-0.39, 0.29) is 5.91 Å². The molecular formula is C10H17NO. The van der Waals surface area contributed by atoms with Crippen LogP contribution in [0.15, 0.2) is 11.8 Å². The summed E-state index contributed by atoms with van der Waals surface area (Å²) in [6.45, 7) is 5.87. The Labute approximate surface area is 74.2 Å². The molecule has 2 nitrogen and oxygen atoms in total. The number of hydrogen-bond acceptors (Lipinski definition) is 1. The van der Waals surface area contributed by atoms with Gasteiger partial charge in [0.05, 0.1) is 0 Å². The molecule has 1 rings (SSSR count). The van der Waals surface area contributed by atoms with Crippen LogP contribution in [0.5, 0.6) is 0 Å². The van der Waals surface area contributed by atoms with Gasteiger partial charge in [-0.25, -0.2) is 0 Å². The van der Waals surface area contributed by atoms with Crippen LogP contribution in [-0.4, -0.2) is 16.8 Å². The average molecular weight is 167 g/mol. The maximum Gasteiger partial charge on any atom is 0.223 e. The Hall–Kier alpha value is -0.790. The Balaban J connectivity index is 2.75. The Morgan fingerprint density at radius 3 is 2.92 bits per heavy atom. The van der Waals surface area contributed by atoms with Crippen molar-refractivity contribution < 1.29 is 4.79 Å². The lowest BCUT2D eigenvalue weighted by molar-refractivity contribution is -0.128. The second-order valence-corrected chi connectivity index (χ2v) is 3.45. The molecule has 1 amide bonds. The van der Waals surface area contributed by atoms with E-state index in [1.54, 1.807) is 6.92 Å². The molecule has 2 heteroatoms. The topological polar surface area (TPSA) is 20.3 Å². The van der Waals surface area contributed by atoms with Crippen LogP contribution in [-0.2, 0) is 4.79 Å². The number of rotatable bonds is 1. The third-order valence-corrected chi connectivity index (χ3v) is 2.50. The number of allylic oxidation sites excluding steroid dienone is 1. The summed E-state index contributed by atoms with van der Waals surface area (Å²) < 4.78 is 0. The largest absolute Gasteiger partial charge is 0.317 e. The fraction of sp³-hybridized carbons (Fsp3) is 0.700. The number of hydrogen-bond donors (Lipinski definition) is 0. The van der Waals surface area contributed by atoms with Crippen molar-refractivity contribution in [3.63, 3.8) is 0 Å². The van der Waals surface area contributed by atoms with Crippen molar-refractivity contribution in [1.82, 2.24) is 4.90 Å². The molecule has 0 unspecified atom stereocenters. The van der Waals surface area contributed by atoms with Gasteiger partial charge in [0.15, 0.2) is 0 Å². The highest BCUT2D eigenvalue weighted by Crippen LogP contribution is 2.22. The molecule has 0 saturated carbocycles. The van der Waals surface area contributed by atoms with Gasteiger partial charge in [0.25, 0.3) is 0 Å². The van der Waals surface area contributed by atoms with E-state index in [1.807, 2.05) is 11.1 Å². The van der Waals surface area contributed by atoms with Crippen LogP contribution in [0, 0.1) is 0 Å². The molecule has 0 aromatic heterocycles. The minimum Gasteiger partial charge on any atom is -0.317 e. The zero-order chi connectivity index (χ0) is 9.14. The summed E-state index contributed by atoms with van der Waals surface area (Å²) >= 11 is 0. The van der Waals surface area contributed by atoms with Crippen molar-refractivity contribution >= 4 is 5.91 Å². The maximum atomic E-state index is 11.2. The minimum absolute atomic E-state index is 0.160. The molecule has 0 bridgehead atoms. The van der Waals surface area contributed by atoms with Crippen molar-refractivity contribution in [3.8, 4) is 0 Å². The Morgan fingerprint density at radius 1 is 1.75 bits per heavy atom. The Morgan fingerprint density at radius 2 is 2.42 bits per heavy atom. The van der Waals surface area contributed by atoms with Crippen molar-refractivity contribution in [1.29, 1.82) is 0 Å². The van der Waals surface area contributed by atoms with Crippen LogP contribution in [0.1, 0.15) is 40.0 Å². The van der Waals surface area contributed by atoms with Crippen molar-refractivity contribution in [3.05, 3.63) is 11.8 Å². The van der Waals surface area contributed by atoms with Crippen LogP contribution < -0.4 is 0 Å². The summed E-state index contributed by atoms with van der Waals surface area (Å²) in [4.78, 5) is 13.0. The lowest BCUT2D eigenvalue weighted by atomic mass is 10.00. The predicted molar refractivity (Wildman–Crippen MR) is 49.6 cm³/mol. The van der Waals surface area contributed by atoms with Gasteiger partial charge in [-0.3, -0.25) is 4.79 Å². The Kier molecular flexibility index (Phi) is 2.90. The number of carbonyl (C=O) groups excluding carboxylic acids is 1. The summed E-state index contributed by atoms with van der Waals surface area (Å²) in [5, 5.41) is 0. The molecule has 68 valence electrons. The molecule has 0 fully saturated rings. The average Bonchev–Trinajstić information content (AvgIpc) is 2.05. The second kappa shape index (κ2) is 3.74. The van der Waals surface area contributed by atoms with Crippen LogP contribution in [0.25, 0.3) is 0 Å². The molecule has 0 N–H and O–H groups in total. The van der Waals surface area contributed by atoms with E-state index in [9.17, 15) is 4.79 Å². The molecule has 0 aromatic carbocycles. The summed E-state index contributed by atoms with van der Waals surface area (Å²) in [5.41, 5.74) is 1.39. The summed E-state index contributed by atoms with van der Waals surface area (Å²) in [5.74, 6) is 0.160. The summed E-state index contributed by atoms with van der Waals surface area (Å²) in [7, 11) is 0. The SMILES string of the molecule is CCC1=CN(C(C)=O)[C@H](C)CC1. The van der Waals surface area contributed by atoms with Crippen LogP contribution in [0.4, 0.5) is 0 Å². The van der Waals surface area contributed by atoms with Gasteiger partial charge in [0.1, 0.15) is 0 Å². The molecule has 0 aliphatic carbocycles. The van der Waals surface area contributed by atoms with E-state index < -0.39 is 0 Å². The van der Waals surface area contributed by atoms with Crippen LogP contribution in [0.2, 0.25) is 0 Å². The van der Waals surface area contributed by atoms with Gasteiger partial charge in [-0.2, -0.15) is 0 Å². The van der Waals surface area contributed by atoms with Gasteiger partial charge in [-0.1, -0.05) is 12.5 Å². The molecule has 0 spiro atoms. The van der Waals surface area contributed by atoms with Gasteiger partial charge in [0, 0.05) is 19.2 Å². The molecule has 1 atom stereocenters. The standard InChI is InChI=1S/C10H17NO/c1-4-10-6-5-8(2)11(7-10)9(3)12/h7-8H,4-6H2,1-3H3/t8-/m1/s1. The third kappa shape index (κ3) is 1.87. The molecule has 0 aromatic rings. The van der Waals surface area contributed by atoms with Gasteiger partial charge >= 0.3 is 0 Å². The van der Waals surface area contributed by atoms with E-state index in [0.29, 0.717) is 6.04 Å². The number of carbonyl (C=O) groups is 1. The van der Waals surface area contributed by atoms with Gasteiger partial charge in [0.2, 0.25) is 5.91 Å². The van der Waals surface area contributed by atoms with Crippen LogP contribution >= 0.6 is 0 Å². The highest BCUT2D eigenvalue weighted by atomic mass is 16.2. The summed E-state index contributed by atoms with van der Waals surface area (Å²) in [6, 6.07) is 0.387. The zero-order valence-electron chi connectivity index (χ0n) is 8.13. The monoisotopic (exact) mass is 167 g/mol. The first-order valence-corrected chi connectivity index (χ1v) is 4.63. The number of amides is 1. The van der Waals surface area contributed by atoms with Crippen molar-refractivity contribution in [2.45, 2.75) is 46.1 Å². The van der Waals surface area contributed by atoms with Gasteiger partial charge in [-0.15, -0.1) is 0 Å². The minimum atomic E-state index is 0.160. The molecule has 1 aliphatic heterocycles.